The Morgan fingerprint density at radius 2 is 1.06 bits per heavy atom. The molecule has 276 valence electrons. The quantitative estimate of drug-likeness (QED) is 0.0449. The number of aliphatic carboxylic acids is 4. The first-order chi connectivity index (χ1) is 22.3. The van der Waals surface area contributed by atoms with Crippen LogP contribution >= 0.6 is 23.5 Å². The molecule has 0 aromatic heterocycles. The van der Waals surface area contributed by atoms with E-state index in [9.17, 15) is 43.5 Å². The summed E-state index contributed by atoms with van der Waals surface area (Å²) >= 11 is 2.44. The van der Waals surface area contributed by atoms with Gasteiger partial charge in [0.05, 0.1) is 12.7 Å². The molecular weight excluding hydrogens is 684 g/mol. The van der Waals surface area contributed by atoms with Crippen molar-refractivity contribution >= 4 is 71.0 Å². The van der Waals surface area contributed by atoms with Crippen LogP contribution in [0.25, 0.3) is 0 Å². The lowest BCUT2D eigenvalue weighted by Crippen LogP contribution is -2.49. The Hall–Kier alpha value is -3.70. The molecule has 0 rings (SSSR count). The summed E-state index contributed by atoms with van der Waals surface area (Å²) in [6.07, 6.45) is -1.15. The van der Waals surface area contributed by atoms with Gasteiger partial charge in [-0.05, 0) is 19.8 Å². The standard InChI is InChI=1S/2C13H23N3O7S/c1-7(17)5-24-6-9(12(21)15-4-11(19)20)16-10(18)3-2-8(14)13(22)23;1-7(5-17)24-6-9(12(21)15-4-11(19)20)16-10(18)3-2-8(14)13(22)23/h2*7-9,17H,2-6,14H2,1H3,(H,15,21)(H,16,18)(H,19,20)(H,22,23)/t2*7?,8-,9-/m00/s1. The second-order valence-electron chi connectivity index (χ2n) is 10.1. The Morgan fingerprint density at radius 1 is 0.667 bits per heavy atom. The second-order valence-corrected chi connectivity index (χ2v) is 12.7. The minimum absolute atomic E-state index is 0.0918. The van der Waals surface area contributed by atoms with E-state index in [1.165, 1.54) is 23.5 Å². The molecule has 2 unspecified atom stereocenters. The van der Waals surface area contributed by atoms with Crippen LogP contribution in [0.4, 0.5) is 0 Å². The summed E-state index contributed by atoms with van der Waals surface area (Å²) in [5, 5.41) is 61.6. The molecule has 0 radical (unpaired) electrons. The molecule has 0 heterocycles. The molecule has 0 aliphatic rings. The van der Waals surface area contributed by atoms with Crippen molar-refractivity contribution in [1.82, 2.24) is 21.3 Å². The van der Waals surface area contributed by atoms with Crippen molar-refractivity contribution in [3.05, 3.63) is 0 Å². The Balaban J connectivity index is 0. The third-order valence-electron chi connectivity index (χ3n) is 5.58. The Bertz CT molecular complexity index is 1080. The highest BCUT2D eigenvalue weighted by molar-refractivity contribution is 8.00. The number of nitrogens with two attached hydrogens (primary N) is 2. The van der Waals surface area contributed by atoms with E-state index in [0.29, 0.717) is 5.75 Å². The number of rotatable bonds is 24. The lowest BCUT2D eigenvalue weighted by atomic mass is 10.1. The third-order valence-corrected chi connectivity index (χ3v) is 8.11. The monoisotopic (exact) mass is 730 g/mol. The maximum absolute atomic E-state index is 11.9. The number of thioether (sulfide) groups is 2. The van der Waals surface area contributed by atoms with Crippen molar-refractivity contribution in [3.63, 3.8) is 0 Å². The van der Waals surface area contributed by atoms with E-state index in [2.05, 4.69) is 21.3 Å². The average Bonchev–Trinajstić information content (AvgIpc) is 3.01. The molecule has 22 heteroatoms. The van der Waals surface area contributed by atoms with Gasteiger partial charge in [-0.25, -0.2) is 0 Å². The first kappa shape index (κ1) is 46.4. The molecule has 0 saturated carbocycles. The number of carbonyl (C=O) groups is 8. The molecule has 20 nitrogen and oxygen atoms in total. The van der Waals surface area contributed by atoms with E-state index < -0.39 is 90.9 Å². The van der Waals surface area contributed by atoms with E-state index in [4.69, 9.17) is 37.0 Å². The lowest BCUT2D eigenvalue weighted by Gasteiger charge is -2.19. The van der Waals surface area contributed by atoms with E-state index in [-0.39, 0.29) is 49.0 Å². The summed E-state index contributed by atoms with van der Waals surface area (Å²) in [6.45, 7) is 2.00. The van der Waals surface area contributed by atoms with Crippen molar-refractivity contribution in [3.8, 4) is 0 Å². The summed E-state index contributed by atoms with van der Waals surface area (Å²) in [5.74, 6) is -6.80. The van der Waals surface area contributed by atoms with Gasteiger partial charge in [-0.15, -0.1) is 0 Å². The molecule has 0 bridgehead atoms. The van der Waals surface area contributed by atoms with Gasteiger partial charge in [0, 0.05) is 35.4 Å². The minimum Gasteiger partial charge on any atom is -0.480 e. The fourth-order valence-electron chi connectivity index (χ4n) is 2.96. The molecule has 6 atom stereocenters. The second kappa shape index (κ2) is 26.3. The van der Waals surface area contributed by atoms with Crippen LogP contribution in [0.5, 0.6) is 0 Å². The van der Waals surface area contributed by atoms with Crippen molar-refractivity contribution in [2.75, 3.05) is 37.0 Å². The molecule has 0 aromatic carbocycles. The van der Waals surface area contributed by atoms with Gasteiger partial charge in [0.2, 0.25) is 23.6 Å². The first-order valence-corrected chi connectivity index (χ1v) is 16.5. The molecule has 14 N–H and O–H groups in total. The summed E-state index contributed by atoms with van der Waals surface area (Å²) in [7, 11) is 0. The van der Waals surface area contributed by atoms with Gasteiger partial charge < -0.3 is 63.4 Å². The molecule has 48 heavy (non-hydrogen) atoms. The van der Waals surface area contributed by atoms with E-state index in [0.717, 1.165) is 0 Å². The predicted octanol–water partition coefficient (Wildman–Crippen LogP) is -4.04. The van der Waals surface area contributed by atoms with Gasteiger partial charge in [-0.3, -0.25) is 38.4 Å². The summed E-state index contributed by atoms with van der Waals surface area (Å²) in [6, 6.07) is -4.36. The smallest absolute Gasteiger partial charge is 0.322 e. The van der Waals surface area contributed by atoms with Crippen LogP contribution in [-0.2, 0) is 38.4 Å². The number of carboxylic acid groups (broad SMARTS) is 4. The summed E-state index contributed by atoms with van der Waals surface area (Å²) in [5.41, 5.74) is 10.6. The number of carbonyl (C=O) groups excluding carboxylic acids is 4. The largest absolute Gasteiger partial charge is 0.480 e. The number of aliphatic hydroxyl groups is 2. The molecular formula is C26H46N6O14S2. The molecule has 0 fully saturated rings. The van der Waals surface area contributed by atoms with Crippen molar-refractivity contribution in [2.45, 2.75) is 75.1 Å². The molecule has 0 aromatic rings. The van der Waals surface area contributed by atoms with Gasteiger partial charge in [0.15, 0.2) is 0 Å². The highest BCUT2D eigenvalue weighted by atomic mass is 32.2. The van der Waals surface area contributed by atoms with Crippen molar-refractivity contribution < 1.29 is 69.0 Å². The lowest BCUT2D eigenvalue weighted by molar-refractivity contribution is -0.140. The normalized spacial score (nSPS) is 14.3. The number of hydrogen-bond acceptors (Lipinski definition) is 14. The molecule has 0 aliphatic heterocycles. The van der Waals surface area contributed by atoms with E-state index >= 15 is 0 Å². The maximum Gasteiger partial charge on any atom is 0.322 e. The average molecular weight is 731 g/mol. The molecule has 0 spiro atoms. The van der Waals surface area contributed by atoms with Gasteiger partial charge in [-0.1, -0.05) is 6.92 Å². The van der Waals surface area contributed by atoms with Crippen molar-refractivity contribution in [1.29, 1.82) is 0 Å². The zero-order valence-electron chi connectivity index (χ0n) is 26.5. The van der Waals surface area contributed by atoms with Crippen LogP contribution in [0.1, 0.15) is 39.5 Å². The Morgan fingerprint density at radius 3 is 1.40 bits per heavy atom. The Kier molecular flexibility index (Phi) is 25.4. The first-order valence-electron chi connectivity index (χ1n) is 14.3. The zero-order valence-corrected chi connectivity index (χ0v) is 28.1. The predicted molar refractivity (Wildman–Crippen MR) is 173 cm³/mol. The minimum atomic E-state index is -1.23. The number of carboxylic acids is 4. The molecule has 0 aliphatic carbocycles. The fraction of sp³-hybridized carbons (Fsp3) is 0.692. The highest BCUT2D eigenvalue weighted by Crippen LogP contribution is 2.12. The zero-order chi connectivity index (χ0) is 37.4. The maximum atomic E-state index is 11.9. The SMILES string of the molecule is CC(CO)SC[C@H](NC(=O)CC[C@H](N)C(=O)O)C(=O)NCC(=O)O.CC(O)CSC[C@H](NC(=O)CC[C@H](N)C(=O)O)C(=O)NCC(=O)O. The van der Waals surface area contributed by atoms with Gasteiger partial charge in [-0.2, -0.15) is 23.5 Å². The van der Waals surface area contributed by atoms with Crippen LogP contribution in [0, 0.1) is 0 Å². The van der Waals surface area contributed by atoms with Crippen LogP contribution in [0.3, 0.4) is 0 Å². The highest BCUT2D eigenvalue weighted by Gasteiger charge is 2.24. The number of amides is 4. The van der Waals surface area contributed by atoms with E-state index in [1.807, 2.05) is 0 Å². The number of hydrogen-bond donors (Lipinski definition) is 12. The molecule has 0 saturated heterocycles. The van der Waals surface area contributed by atoms with Crippen LogP contribution < -0.4 is 32.7 Å². The summed E-state index contributed by atoms with van der Waals surface area (Å²) < 4.78 is 0. The Labute approximate surface area is 284 Å². The molecule has 4 amide bonds. The van der Waals surface area contributed by atoms with E-state index in [1.54, 1.807) is 13.8 Å². The van der Waals surface area contributed by atoms with Crippen LogP contribution in [-0.4, -0.2) is 151 Å². The third kappa shape index (κ3) is 25.4. The van der Waals surface area contributed by atoms with Gasteiger partial charge >= 0.3 is 23.9 Å². The van der Waals surface area contributed by atoms with Crippen LogP contribution in [0.2, 0.25) is 0 Å². The van der Waals surface area contributed by atoms with Gasteiger partial charge in [0.25, 0.3) is 0 Å². The van der Waals surface area contributed by atoms with Gasteiger partial charge in [0.1, 0.15) is 37.3 Å². The number of nitrogens with one attached hydrogen (secondary N) is 4. The fourth-order valence-corrected chi connectivity index (χ4v) is 4.77. The topological polar surface area (TPSA) is 358 Å². The van der Waals surface area contributed by atoms with Crippen molar-refractivity contribution in [2.24, 2.45) is 11.5 Å². The van der Waals surface area contributed by atoms with Crippen LogP contribution in [0.15, 0.2) is 0 Å². The summed E-state index contributed by atoms with van der Waals surface area (Å²) in [4.78, 5) is 89.7. The number of aliphatic hydroxyl groups excluding tert-OH is 2.